The number of fused-ring (bicyclic) bond motifs is 1. The number of hydrogen-bond acceptors (Lipinski definition) is 7. The normalized spacial score (nSPS) is 31.0. The third kappa shape index (κ3) is 5.73. The summed E-state index contributed by atoms with van der Waals surface area (Å²) >= 11 is 11.9. The molecule has 2 saturated heterocycles. The number of carbonyl (C=O) groups excluding carboxylic acids is 1. The van der Waals surface area contributed by atoms with Crippen LogP contribution < -0.4 is 10.1 Å². The minimum atomic E-state index is -1.03. The molecule has 2 N–H and O–H groups in total. The Morgan fingerprint density at radius 3 is 2.79 bits per heavy atom. The van der Waals surface area contributed by atoms with Crippen LogP contribution in [0.5, 0.6) is 5.75 Å². The second kappa shape index (κ2) is 9.34. The second-order valence-corrected chi connectivity index (χ2v) is 8.19. The first-order valence-electron chi connectivity index (χ1n) is 9.28. The molecule has 0 unspecified atom stereocenters. The number of benzene rings is 1. The van der Waals surface area contributed by atoms with Crippen LogP contribution in [0.2, 0.25) is 10.0 Å². The predicted octanol–water partition coefficient (Wildman–Crippen LogP) is 2.13. The molecule has 162 valence electrons. The molecule has 10 heteroatoms. The van der Waals surface area contributed by atoms with E-state index in [9.17, 15) is 9.90 Å². The molecule has 1 aromatic carbocycles. The van der Waals surface area contributed by atoms with Crippen molar-refractivity contribution in [1.82, 2.24) is 5.32 Å². The van der Waals surface area contributed by atoms with Gasteiger partial charge >= 0.3 is 0 Å². The van der Waals surface area contributed by atoms with Gasteiger partial charge in [0.1, 0.15) is 36.7 Å². The smallest absolute Gasteiger partial charge is 0.217 e. The van der Waals surface area contributed by atoms with Gasteiger partial charge in [0.15, 0.2) is 12.1 Å². The van der Waals surface area contributed by atoms with E-state index in [0.29, 0.717) is 15.8 Å². The molecule has 2 aliphatic heterocycles. The summed E-state index contributed by atoms with van der Waals surface area (Å²) in [6.45, 7) is 5.42. The van der Waals surface area contributed by atoms with Gasteiger partial charge in [-0.25, -0.2) is 0 Å². The molecule has 5 atom stereocenters. The molecule has 0 aliphatic carbocycles. The van der Waals surface area contributed by atoms with Gasteiger partial charge in [0, 0.05) is 11.9 Å². The highest BCUT2D eigenvalue weighted by Crippen LogP contribution is 2.33. The van der Waals surface area contributed by atoms with Gasteiger partial charge in [-0.1, -0.05) is 23.2 Å². The highest BCUT2D eigenvalue weighted by atomic mass is 35.5. The number of halogens is 2. The molecule has 1 aromatic rings. The number of hydrogen-bond donors (Lipinski definition) is 2. The highest BCUT2D eigenvalue weighted by molar-refractivity contribution is 6.35. The van der Waals surface area contributed by atoms with Gasteiger partial charge in [-0.05, 0) is 32.0 Å². The average molecular weight is 450 g/mol. The van der Waals surface area contributed by atoms with Crippen molar-refractivity contribution >= 4 is 29.1 Å². The molecule has 0 bridgehead atoms. The Kier molecular flexibility index (Phi) is 7.27. The summed E-state index contributed by atoms with van der Waals surface area (Å²) in [6, 6.07) is 4.11. The van der Waals surface area contributed by atoms with Crippen LogP contribution in [0, 0.1) is 0 Å². The molecule has 0 aromatic heterocycles. The fourth-order valence-electron chi connectivity index (χ4n) is 3.28. The van der Waals surface area contributed by atoms with Gasteiger partial charge in [-0.15, -0.1) is 0 Å². The quantitative estimate of drug-likeness (QED) is 0.642. The van der Waals surface area contributed by atoms with Crippen LogP contribution in [0.4, 0.5) is 0 Å². The maximum absolute atomic E-state index is 11.6. The van der Waals surface area contributed by atoms with Crippen molar-refractivity contribution < 1.29 is 33.6 Å². The van der Waals surface area contributed by atoms with Crippen LogP contribution in [0.3, 0.4) is 0 Å². The Morgan fingerprint density at radius 2 is 2.10 bits per heavy atom. The van der Waals surface area contributed by atoms with Gasteiger partial charge in [-0.3, -0.25) is 4.79 Å². The highest BCUT2D eigenvalue weighted by Gasteiger charge is 2.51. The summed E-state index contributed by atoms with van der Waals surface area (Å²) in [5, 5.41) is 14.4. The second-order valence-electron chi connectivity index (χ2n) is 7.35. The van der Waals surface area contributed by atoms with E-state index in [1.165, 1.54) is 6.92 Å². The summed E-state index contributed by atoms with van der Waals surface area (Å²) in [5.74, 6) is -0.703. The minimum absolute atomic E-state index is 0.136. The maximum atomic E-state index is 11.6. The Labute approximate surface area is 179 Å². The van der Waals surface area contributed by atoms with Crippen molar-refractivity contribution in [3.63, 3.8) is 0 Å². The molecule has 0 saturated carbocycles. The summed E-state index contributed by atoms with van der Waals surface area (Å²) < 4.78 is 28.7. The van der Waals surface area contributed by atoms with E-state index in [2.05, 4.69) is 5.32 Å². The monoisotopic (exact) mass is 449 g/mol. The number of rotatable bonds is 6. The summed E-state index contributed by atoms with van der Waals surface area (Å²) in [4.78, 5) is 11.6. The first kappa shape index (κ1) is 22.6. The lowest BCUT2D eigenvalue weighted by Crippen LogP contribution is -2.68. The van der Waals surface area contributed by atoms with Crippen LogP contribution >= 0.6 is 23.2 Å². The summed E-state index contributed by atoms with van der Waals surface area (Å²) in [7, 11) is 0. The van der Waals surface area contributed by atoms with Crippen molar-refractivity contribution in [2.75, 3.05) is 19.8 Å². The molecular formula is C19H25Cl2NO7. The van der Waals surface area contributed by atoms with Crippen molar-refractivity contribution in [3.8, 4) is 5.75 Å². The Hall–Kier alpha value is -1.13. The topological polar surface area (TPSA) is 95.5 Å². The average Bonchev–Trinajstić information content (AvgIpc) is 2.63. The SMILES string of the molecule is CC(=O)N[C@@H]1[C@H](OCCOc2ccc(Cl)cc2Cl)O[C@@H]2COC(C)(C)O[C@H]2[C@H]1O. The Bertz CT molecular complexity index is 733. The number of nitrogens with one attached hydrogen (secondary N) is 1. The first-order chi connectivity index (χ1) is 13.7. The largest absolute Gasteiger partial charge is 0.490 e. The van der Waals surface area contributed by atoms with Crippen molar-refractivity contribution in [3.05, 3.63) is 28.2 Å². The molecule has 3 rings (SSSR count). The fourth-order valence-corrected chi connectivity index (χ4v) is 3.75. The molecular weight excluding hydrogens is 425 g/mol. The van der Waals surface area contributed by atoms with E-state index in [-0.39, 0.29) is 25.7 Å². The molecule has 2 heterocycles. The third-order valence-corrected chi connectivity index (χ3v) is 5.11. The number of carbonyl (C=O) groups is 1. The van der Waals surface area contributed by atoms with E-state index < -0.39 is 36.4 Å². The summed E-state index contributed by atoms with van der Waals surface area (Å²) in [5.41, 5.74) is 0. The Balaban J connectivity index is 1.59. The van der Waals surface area contributed by atoms with Gasteiger partial charge in [0.2, 0.25) is 5.91 Å². The van der Waals surface area contributed by atoms with Crippen molar-refractivity contribution in [2.24, 2.45) is 0 Å². The lowest BCUT2D eigenvalue weighted by molar-refractivity contribution is -0.369. The van der Waals surface area contributed by atoms with Crippen molar-refractivity contribution in [1.29, 1.82) is 0 Å². The minimum Gasteiger partial charge on any atom is -0.490 e. The van der Waals surface area contributed by atoms with Crippen LogP contribution in [0.1, 0.15) is 20.8 Å². The molecule has 0 radical (unpaired) electrons. The molecule has 1 amide bonds. The van der Waals surface area contributed by atoms with Crippen LogP contribution in [-0.4, -0.2) is 67.3 Å². The zero-order chi connectivity index (χ0) is 21.2. The van der Waals surface area contributed by atoms with E-state index in [1.54, 1.807) is 32.0 Å². The third-order valence-electron chi connectivity index (χ3n) is 4.58. The first-order valence-corrected chi connectivity index (χ1v) is 10.0. The fraction of sp³-hybridized carbons (Fsp3) is 0.632. The van der Waals surface area contributed by atoms with Gasteiger partial charge in [0.05, 0.1) is 18.2 Å². The van der Waals surface area contributed by atoms with Gasteiger partial charge in [-0.2, -0.15) is 0 Å². The van der Waals surface area contributed by atoms with Crippen molar-refractivity contribution in [2.45, 2.75) is 57.2 Å². The number of aliphatic hydroxyl groups excluding tert-OH is 1. The zero-order valence-electron chi connectivity index (χ0n) is 16.4. The molecule has 2 fully saturated rings. The van der Waals surface area contributed by atoms with Crippen LogP contribution in [0.25, 0.3) is 0 Å². The predicted molar refractivity (Wildman–Crippen MR) is 105 cm³/mol. The summed E-state index contributed by atoms with van der Waals surface area (Å²) in [6.07, 6.45) is -3.11. The van der Waals surface area contributed by atoms with E-state index >= 15 is 0 Å². The van der Waals surface area contributed by atoms with E-state index in [1.807, 2.05) is 0 Å². The molecule has 29 heavy (non-hydrogen) atoms. The number of aliphatic hydroxyl groups is 1. The molecule has 2 aliphatic rings. The molecule has 0 spiro atoms. The number of amides is 1. The Morgan fingerprint density at radius 1 is 1.34 bits per heavy atom. The lowest BCUT2D eigenvalue weighted by Gasteiger charge is -2.49. The lowest BCUT2D eigenvalue weighted by atomic mass is 9.95. The van der Waals surface area contributed by atoms with Crippen LogP contribution in [-0.2, 0) is 23.7 Å². The number of ether oxygens (including phenoxy) is 5. The van der Waals surface area contributed by atoms with Gasteiger partial charge < -0.3 is 34.1 Å². The standard InChI is InChI=1S/C19H25Cl2NO7/c1-10(23)22-15-16(24)17-14(9-27-19(2,3)29-17)28-18(15)26-7-6-25-13-5-4-11(20)8-12(13)21/h4-5,8,14-18,24H,6-7,9H2,1-3H3,(H,22,23)/t14-,15+,16+,17-,18-/m1/s1. The maximum Gasteiger partial charge on any atom is 0.217 e. The molecule has 8 nitrogen and oxygen atoms in total. The van der Waals surface area contributed by atoms with Crippen LogP contribution in [0.15, 0.2) is 18.2 Å². The van der Waals surface area contributed by atoms with E-state index in [0.717, 1.165) is 0 Å². The van der Waals surface area contributed by atoms with Gasteiger partial charge in [0.25, 0.3) is 0 Å². The zero-order valence-corrected chi connectivity index (χ0v) is 17.9. The van der Waals surface area contributed by atoms with E-state index in [4.69, 9.17) is 46.9 Å².